The predicted molar refractivity (Wildman–Crippen MR) is 145 cm³/mol. The smallest absolute Gasteiger partial charge is 0.261 e. The Bertz CT molecular complexity index is 1160. The van der Waals surface area contributed by atoms with Crippen LogP contribution in [0.15, 0.2) is 72.8 Å². The first-order valence-corrected chi connectivity index (χ1v) is 12.7. The zero-order valence-corrected chi connectivity index (χ0v) is 22.1. The Balaban J connectivity index is 1.94. The molecule has 2 atom stereocenters. The first-order valence-electron chi connectivity index (χ1n) is 12.7. The molecule has 0 bridgehead atoms. The van der Waals surface area contributed by atoms with Gasteiger partial charge in [-0.1, -0.05) is 73.7 Å². The van der Waals surface area contributed by atoms with Crippen molar-refractivity contribution in [3.05, 3.63) is 101 Å². The van der Waals surface area contributed by atoms with Crippen molar-refractivity contribution < 1.29 is 14.3 Å². The molecule has 0 aliphatic heterocycles. The predicted octanol–water partition coefficient (Wildman–Crippen LogP) is 5.55. The molecule has 5 heteroatoms. The molecule has 3 aromatic carbocycles. The Hall–Kier alpha value is -3.60. The van der Waals surface area contributed by atoms with Gasteiger partial charge in [0.15, 0.2) is 6.61 Å². The van der Waals surface area contributed by atoms with Gasteiger partial charge in [0.2, 0.25) is 5.91 Å². The van der Waals surface area contributed by atoms with E-state index < -0.39 is 6.04 Å². The maximum atomic E-state index is 13.7. The molecule has 0 saturated heterocycles. The third kappa shape index (κ3) is 7.45. The van der Waals surface area contributed by atoms with Gasteiger partial charge in [-0.05, 0) is 68.0 Å². The van der Waals surface area contributed by atoms with E-state index in [1.165, 1.54) is 0 Å². The molecule has 0 fully saturated rings. The van der Waals surface area contributed by atoms with Gasteiger partial charge in [0.1, 0.15) is 11.8 Å². The lowest BCUT2D eigenvalue weighted by molar-refractivity contribution is -0.143. The molecule has 0 aliphatic rings. The molecular formula is C31H38N2O3. The van der Waals surface area contributed by atoms with Crippen LogP contribution in [0.3, 0.4) is 0 Å². The zero-order chi connectivity index (χ0) is 26.1. The fourth-order valence-corrected chi connectivity index (χ4v) is 4.05. The lowest BCUT2D eigenvalue weighted by Gasteiger charge is -2.32. The first kappa shape index (κ1) is 27.0. The van der Waals surface area contributed by atoms with E-state index in [1.54, 1.807) is 4.90 Å². The SMILES string of the molecule is CC[C@H](C)NC(=O)[C@H](Cc1ccccc1)N(Cc1ccccc1C)C(=O)COc1cc(C)ccc1C. The zero-order valence-electron chi connectivity index (χ0n) is 22.1. The number of rotatable bonds is 11. The normalized spacial score (nSPS) is 12.5. The molecule has 0 spiro atoms. The minimum atomic E-state index is -0.671. The van der Waals surface area contributed by atoms with Gasteiger partial charge >= 0.3 is 0 Å². The van der Waals surface area contributed by atoms with Crippen LogP contribution in [-0.4, -0.2) is 35.4 Å². The minimum Gasteiger partial charge on any atom is -0.483 e. The average Bonchev–Trinajstić information content (AvgIpc) is 2.87. The lowest BCUT2D eigenvalue weighted by Crippen LogP contribution is -2.53. The van der Waals surface area contributed by atoms with Crippen molar-refractivity contribution in [1.29, 1.82) is 0 Å². The molecule has 0 heterocycles. The maximum absolute atomic E-state index is 13.7. The highest BCUT2D eigenvalue weighted by Gasteiger charge is 2.31. The van der Waals surface area contributed by atoms with E-state index in [0.29, 0.717) is 18.7 Å². The van der Waals surface area contributed by atoms with Crippen LogP contribution in [-0.2, 0) is 22.6 Å². The van der Waals surface area contributed by atoms with E-state index in [4.69, 9.17) is 4.74 Å². The van der Waals surface area contributed by atoms with E-state index >= 15 is 0 Å². The van der Waals surface area contributed by atoms with Crippen molar-refractivity contribution >= 4 is 11.8 Å². The molecule has 0 aliphatic carbocycles. The molecule has 2 amide bonds. The first-order chi connectivity index (χ1) is 17.3. The topological polar surface area (TPSA) is 58.6 Å². The van der Waals surface area contributed by atoms with Crippen LogP contribution in [0.4, 0.5) is 0 Å². The molecule has 1 N–H and O–H groups in total. The number of ether oxygens (including phenoxy) is 1. The summed E-state index contributed by atoms with van der Waals surface area (Å²) in [6.07, 6.45) is 1.23. The summed E-state index contributed by atoms with van der Waals surface area (Å²) in [5.41, 5.74) is 5.11. The Morgan fingerprint density at radius 3 is 2.31 bits per heavy atom. The number of amides is 2. The maximum Gasteiger partial charge on any atom is 0.261 e. The standard InChI is InChI=1S/C31H38N2O3/c1-6-25(5)32-31(35)28(19-26-13-8-7-9-14-26)33(20-27-15-11-10-12-23(27)3)30(34)21-36-29-18-22(2)16-17-24(29)4/h7-18,25,28H,6,19-21H2,1-5H3,(H,32,35)/t25-,28-/m0/s1. The van der Waals surface area contributed by atoms with Crippen LogP contribution in [0.5, 0.6) is 5.75 Å². The van der Waals surface area contributed by atoms with Crippen LogP contribution in [0.25, 0.3) is 0 Å². The third-order valence-electron chi connectivity index (χ3n) is 6.57. The summed E-state index contributed by atoms with van der Waals surface area (Å²) in [7, 11) is 0. The molecular weight excluding hydrogens is 448 g/mol. The molecule has 3 aromatic rings. The monoisotopic (exact) mass is 486 g/mol. The highest BCUT2D eigenvalue weighted by molar-refractivity contribution is 5.88. The van der Waals surface area contributed by atoms with Crippen molar-refractivity contribution in [3.63, 3.8) is 0 Å². The second-order valence-electron chi connectivity index (χ2n) is 9.53. The Kier molecular flexibility index (Phi) is 9.69. The summed E-state index contributed by atoms with van der Waals surface area (Å²) in [6.45, 7) is 10.2. The lowest BCUT2D eigenvalue weighted by atomic mass is 10.0. The van der Waals surface area contributed by atoms with Gasteiger partial charge in [-0.15, -0.1) is 0 Å². The van der Waals surface area contributed by atoms with Crippen LogP contribution in [0.1, 0.15) is 48.1 Å². The Morgan fingerprint density at radius 1 is 0.917 bits per heavy atom. The van der Waals surface area contributed by atoms with Crippen molar-refractivity contribution in [1.82, 2.24) is 10.2 Å². The highest BCUT2D eigenvalue weighted by atomic mass is 16.5. The van der Waals surface area contributed by atoms with Gasteiger partial charge < -0.3 is 15.0 Å². The Labute approximate surface area is 215 Å². The van der Waals surface area contributed by atoms with Gasteiger partial charge in [0.25, 0.3) is 5.91 Å². The number of benzene rings is 3. The molecule has 5 nitrogen and oxygen atoms in total. The van der Waals surface area contributed by atoms with Gasteiger partial charge in [-0.25, -0.2) is 0 Å². The summed E-state index contributed by atoms with van der Waals surface area (Å²) in [6, 6.07) is 23.1. The van der Waals surface area contributed by atoms with E-state index in [-0.39, 0.29) is 24.5 Å². The molecule has 36 heavy (non-hydrogen) atoms. The fourth-order valence-electron chi connectivity index (χ4n) is 4.05. The molecule has 0 radical (unpaired) electrons. The van der Waals surface area contributed by atoms with Crippen LogP contribution in [0, 0.1) is 20.8 Å². The van der Waals surface area contributed by atoms with Gasteiger partial charge in [-0.3, -0.25) is 9.59 Å². The van der Waals surface area contributed by atoms with E-state index in [1.807, 2.05) is 107 Å². The van der Waals surface area contributed by atoms with Crippen LogP contribution >= 0.6 is 0 Å². The van der Waals surface area contributed by atoms with Crippen LogP contribution in [0.2, 0.25) is 0 Å². The fraction of sp³-hybridized carbons (Fsp3) is 0.355. The summed E-state index contributed by atoms with van der Waals surface area (Å²) in [4.78, 5) is 29.0. The molecule has 190 valence electrons. The number of aryl methyl sites for hydroxylation is 3. The van der Waals surface area contributed by atoms with Crippen LogP contribution < -0.4 is 10.1 Å². The minimum absolute atomic E-state index is 0.0115. The number of hydrogen-bond donors (Lipinski definition) is 1. The van der Waals surface area contributed by atoms with E-state index in [2.05, 4.69) is 5.32 Å². The molecule has 0 saturated carbocycles. The van der Waals surface area contributed by atoms with Crippen molar-refractivity contribution in [3.8, 4) is 5.75 Å². The number of carbonyl (C=O) groups excluding carboxylic acids is 2. The number of nitrogens with one attached hydrogen (secondary N) is 1. The van der Waals surface area contributed by atoms with Gasteiger partial charge in [0.05, 0.1) is 0 Å². The summed E-state index contributed by atoms with van der Waals surface area (Å²) in [5, 5.41) is 3.10. The second-order valence-corrected chi connectivity index (χ2v) is 9.53. The third-order valence-corrected chi connectivity index (χ3v) is 6.57. The van der Waals surface area contributed by atoms with Crippen molar-refractivity contribution in [2.24, 2.45) is 0 Å². The average molecular weight is 487 g/mol. The summed E-state index contributed by atoms with van der Waals surface area (Å²) >= 11 is 0. The second kappa shape index (κ2) is 12.9. The number of carbonyl (C=O) groups is 2. The van der Waals surface area contributed by atoms with Gasteiger partial charge in [-0.2, -0.15) is 0 Å². The molecule has 0 unspecified atom stereocenters. The molecule has 3 rings (SSSR count). The Morgan fingerprint density at radius 2 is 1.61 bits per heavy atom. The largest absolute Gasteiger partial charge is 0.483 e. The van der Waals surface area contributed by atoms with E-state index in [9.17, 15) is 9.59 Å². The van der Waals surface area contributed by atoms with Crippen molar-refractivity contribution in [2.75, 3.05) is 6.61 Å². The highest BCUT2D eigenvalue weighted by Crippen LogP contribution is 2.21. The number of hydrogen-bond acceptors (Lipinski definition) is 3. The van der Waals surface area contributed by atoms with Gasteiger partial charge in [0, 0.05) is 19.0 Å². The van der Waals surface area contributed by atoms with Crippen molar-refractivity contribution in [2.45, 2.75) is 66.1 Å². The summed E-state index contributed by atoms with van der Waals surface area (Å²) in [5.74, 6) is 0.309. The number of nitrogens with zero attached hydrogens (tertiary/aromatic N) is 1. The quantitative estimate of drug-likeness (QED) is 0.387. The summed E-state index contributed by atoms with van der Waals surface area (Å²) < 4.78 is 5.99. The molecule has 0 aromatic heterocycles. The van der Waals surface area contributed by atoms with E-state index in [0.717, 1.165) is 34.2 Å².